The number of methoxy groups -OCH3 is 1. The van der Waals surface area contributed by atoms with Crippen LogP contribution in [-0.2, 0) is 10.9 Å². The largest absolute Gasteiger partial charge is 0.497 e. The number of hydrogen-bond acceptors (Lipinski definition) is 2. The Balaban J connectivity index is 2.06. The predicted molar refractivity (Wildman–Crippen MR) is 71.7 cm³/mol. The fraction of sp³-hybridized carbons (Fsp3) is 0.267. The molecule has 0 heterocycles. The van der Waals surface area contributed by atoms with Crippen molar-refractivity contribution in [1.82, 2.24) is 0 Å². The van der Waals surface area contributed by atoms with E-state index in [9.17, 15) is 13.2 Å². The molecule has 1 atom stereocenters. The Labute approximate surface area is 115 Å². The molecule has 1 aromatic rings. The molecule has 1 aromatic carbocycles. The fourth-order valence-electron chi connectivity index (χ4n) is 1.83. The first-order valence-corrected chi connectivity index (χ1v) is 6.12. The molecule has 0 aromatic heterocycles. The number of allylic oxidation sites excluding steroid dienone is 1. The molecule has 2 nitrogen and oxygen atoms in total. The van der Waals surface area contributed by atoms with E-state index in [1.807, 2.05) is 12.2 Å². The van der Waals surface area contributed by atoms with Crippen molar-refractivity contribution in [2.24, 2.45) is 4.99 Å². The number of benzene rings is 1. The molecule has 0 amide bonds. The van der Waals surface area contributed by atoms with Crippen molar-refractivity contribution in [2.45, 2.75) is 18.6 Å². The van der Waals surface area contributed by atoms with Gasteiger partial charge in [-0.3, -0.25) is 4.99 Å². The minimum Gasteiger partial charge on any atom is -0.497 e. The Bertz CT molecular complexity index is 558. The summed E-state index contributed by atoms with van der Waals surface area (Å²) in [6.45, 7) is 0. The molecule has 2 rings (SSSR count). The highest BCUT2D eigenvalue weighted by Crippen LogP contribution is 2.29. The molecule has 0 saturated carbocycles. The maximum Gasteiger partial charge on any atom is 0.416 e. The first-order valence-electron chi connectivity index (χ1n) is 6.12. The van der Waals surface area contributed by atoms with Crippen molar-refractivity contribution in [2.75, 3.05) is 7.11 Å². The van der Waals surface area contributed by atoms with Crippen LogP contribution in [0.3, 0.4) is 0 Å². The van der Waals surface area contributed by atoms with Gasteiger partial charge in [-0.1, -0.05) is 18.2 Å². The molecule has 1 aliphatic rings. The number of ether oxygens (including phenoxy) is 1. The number of alkyl halides is 3. The lowest BCUT2D eigenvalue weighted by Crippen LogP contribution is -2.06. The highest BCUT2D eigenvalue weighted by atomic mass is 19.4. The van der Waals surface area contributed by atoms with Crippen molar-refractivity contribution in [1.29, 1.82) is 0 Å². The Kier molecular flexibility index (Phi) is 4.27. The summed E-state index contributed by atoms with van der Waals surface area (Å²) in [6.07, 6.45) is 3.38. The summed E-state index contributed by atoms with van der Waals surface area (Å²) < 4.78 is 42.8. The molecular formula is C15H14F3NO. The molecule has 5 heteroatoms. The van der Waals surface area contributed by atoms with Crippen LogP contribution in [0.4, 0.5) is 13.2 Å². The lowest BCUT2D eigenvalue weighted by Gasteiger charge is -2.11. The predicted octanol–water partition coefficient (Wildman–Crippen LogP) is 3.98. The van der Waals surface area contributed by atoms with Crippen LogP contribution in [-0.4, -0.2) is 19.4 Å². The summed E-state index contributed by atoms with van der Waals surface area (Å²) >= 11 is 0. The zero-order chi connectivity index (χ0) is 14.6. The van der Waals surface area contributed by atoms with Gasteiger partial charge in [0.1, 0.15) is 5.76 Å². The maximum atomic E-state index is 12.6. The zero-order valence-corrected chi connectivity index (χ0v) is 10.9. The summed E-state index contributed by atoms with van der Waals surface area (Å²) in [5.74, 6) is 0.774. The Morgan fingerprint density at radius 3 is 2.75 bits per heavy atom. The smallest absolute Gasteiger partial charge is 0.416 e. The van der Waals surface area contributed by atoms with Gasteiger partial charge in [-0.05, 0) is 36.3 Å². The van der Waals surface area contributed by atoms with Crippen molar-refractivity contribution in [3.05, 3.63) is 59.4 Å². The number of halogens is 3. The van der Waals surface area contributed by atoms with Crippen molar-refractivity contribution < 1.29 is 17.9 Å². The molecule has 0 radical (unpaired) electrons. The van der Waals surface area contributed by atoms with Gasteiger partial charge >= 0.3 is 6.18 Å². The van der Waals surface area contributed by atoms with E-state index < -0.39 is 11.7 Å². The molecule has 0 fully saturated rings. The topological polar surface area (TPSA) is 21.6 Å². The van der Waals surface area contributed by atoms with Crippen LogP contribution < -0.4 is 0 Å². The Morgan fingerprint density at radius 2 is 2.15 bits per heavy atom. The van der Waals surface area contributed by atoms with Gasteiger partial charge in [0.05, 0.1) is 18.7 Å². The van der Waals surface area contributed by atoms with Gasteiger partial charge in [-0.2, -0.15) is 13.2 Å². The van der Waals surface area contributed by atoms with Crippen LogP contribution in [0.25, 0.3) is 0 Å². The fourth-order valence-corrected chi connectivity index (χ4v) is 1.83. The molecule has 0 spiro atoms. The zero-order valence-electron chi connectivity index (χ0n) is 10.9. The van der Waals surface area contributed by atoms with Crippen molar-refractivity contribution >= 4 is 6.21 Å². The average molecular weight is 281 g/mol. The van der Waals surface area contributed by atoms with Gasteiger partial charge < -0.3 is 4.74 Å². The maximum absolute atomic E-state index is 12.6. The van der Waals surface area contributed by atoms with E-state index in [1.165, 1.54) is 12.3 Å². The summed E-state index contributed by atoms with van der Waals surface area (Å²) in [6, 6.07) is 5.05. The summed E-state index contributed by atoms with van der Waals surface area (Å²) in [5.41, 5.74) is -0.225. The van der Waals surface area contributed by atoms with E-state index in [0.717, 1.165) is 17.9 Å². The minimum atomic E-state index is -4.33. The molecule has 20 heavy (non-hydrogen) atoms. The van der Waals surface area contributed by atoms with Gasteiger partial charge in [0.25, 0.3) is 0 Å². The second-order valence-corrected chi connectivity index (χ2v) is 4.37. The van der Waals surface area contributed by atoms with Gasteiger partial charge in [0, 0.05) is 6.21 Å². The van der Waals surface area contributed by atoms with E-state index in [1.54, 1.807) is 19.3 Å². The van der Waals surface area contributed by atoms with Crippen LogP contribution >= 0.6 is 0 Å². The van der Waals surface area contributed by atoms with Crippen LogP contribution in [0, 0.1) is 0 Å². The van der Waals surface area contributed by atoms with Gasteiger partial charge in [-0.15, -0.1) is 0 Å². The first-order chi connectivity index (χ1) is 9.49. The molecule has 1 aliphatic carbocycles. The summed E-state index contributed by atoms with van der Waals surface area (Å²) in [7, 11) is 1.59. The van der Waals surface area contributed by atoms with Crippen molar-refractivity contribution in [3.63, 3.8) is 0 Å². The molecule has 106 valence electrons. The lowest BCUT2D eigenvalue weighted by molar-refractivity contribution is -0.137. The van der Waals surface area contributed by atoms with Crippen LogP contribution in [0.2, 0.25) is 0 Å². The number of nitrogens with zero attached hydrogens (tertiary/aromatic N) is 1. The molecule has 1 unspecified atom stereocenters. The normalized spacial score (nSPS) is 19.2. The number of rotatable bonds is 3. The van der Waals surface area contributed by atoms with E-state index in [-0.39, 0.29) is 6.04 Å². The minimum absolute atomic E-state index is 0.0663. The highest BCUT2D eigenvalue weighted by Gasteiger charge is 2.30. The van der Waals surface area contributed by atoms with Crippen LogP contribution in [0.15, 0.2) is 53.2 Å². The number of aliphatic imine (C=N–C) groups is 1. The van der Waals surface area contributed by atoms with E-state index in [2.05, 4.69) is 4.99 Å². The molecule has 0 saturated heterocycles. The van der Waals surface area contributed by atoms with Crippen LogP contribution in [0.1, 0.15) is 17.5 Å². The van der Waals surface area contributed by atoms with E-state index >= 15 is 0 Å². The van der Waals surface area contributed by atoms with Crippen molar-refractivity contribution in [3.8, 4) is 0 Å². The Hall–Kier alpha value is -2.04. The molecule has 0 aliphatic heterocycles. The first kappa shape index (κ1) is 14.4. The second kappa shape index (κ2) is 5.94. The van der Waals surface area contributed by atoms with E-state index in [0.29, 0.717) is 12.0 Å². The Morgan fingerprint density at radius 1 is 1.35 bits per heavy atom. The molecule has 0 N–H and O–H groups in total. The third kappa shape index (κ3) is 3.73. The van der Waals surface area contributed by atoms with Gasteiger partial charge in [0.2, 0.25) is 0 Å². The number of hydrogen-bond donors (Lipinski definition) is 0. The monoisotopic (exact) mass is 281 g/mol. The summed E-state index contributed by atoms with van der Waals surface area (Å²) in [4.78, 5) is 4.27. The lowest BCUT2D eigenvalue weighted by atomic mass is 10.1. The second-order valence-electron chi connectivity index (χ2n) is 4.37. The third-order valence-corrected chi connectivity index (χ3v) is 2.91. The SMILES string of the molecule is COC1=CCC(N=Cc2cccc(C(F)(F)F)c2)C=C1. The van der Waals surface area contributed by atoms with Gasteiger partial charge in [0.15, 0.2) is 0 Å². The average Bonchev–Trinajstić information content (AvgIpc) is 2.45. The standard InChI is InChI=1S/C15H14F3NO/c1-20-14-7-5-13(6-8-14)19-10-11-3-2-4-12(9-11)15(16,17)18/h2-5,7-10,13H,6H2,1H3. The van der Waals surface area contributed by atoms with E-state index in [4.69, 9.17) is 4.74 Å². The molecule has 0 bridgehead atoms. The van der Waals surface area contributed by atoms with Crippen LogP contribution in [0.5, 0.6) is 0 Å². The highest BCUT2D eigenvalue weighted by molar-refractivity contribution is 5.80. The quantitative estimate of drug-likeness (QED) is 0.768. The summed E-state index contributed by atoms with van der Waals surface area (Å²) in [5, 5.41) is 0. The van der Waals surface area contributed by atoms with Gasteiger partial charge in [-0.25, -0.2) is 0 Å². The third-order valence-electron chi connectivity index (χ3n) is 2.91. The molecular weight excluding hydrogens is 267 g/mol.